The minimum atomic E-state index is 0.0343. The lowest BCUT2D eigenvalue weighted by atomic mass is 9.88. The molecule has 0 radical (unpaired) electrons. The monoisotopic (exact) mass is 307 g/mol. The van der Waals surface area contributed by atoms with Gasteiger partial charge in [-0.05, 0) is 42.7 Å². The van der Waals surface area contributed by atoms with E-state index in [-0.39, 0.29) is 12.3 Å². The number of hydrogen-bond acceptors (Lipinski definition) is 2. The molecule has 2 unspecified atom stereocenters. The number of rotatable bonds is 5. The van der Waals surface area contributed by atoms with Crippen LogP contribution in [0.25, 0.3) is 0 Å². The Labute approximate surface area is 131 Å². The van der Waals surface area contributed by atoms with Gasteiger partial charge in [-0.25, -0.2) is 0 Å². The van der Waals surface area contributed by atoms with Gasteiger partial charge in [0.1, 0.15) is 5.75 Å². The average Bonchev–Trinajstić information content (AvgIpc) is 3.22. The number of amides is 1. The number of halogens is 1. The Hall–Kier alpha value is -1.22. The van der Waals surface area contributed by atoms with Crippen molar-refractivity contribution in [3.63, 3.8) is 0 Å². The van der Waals surface area contributed by atoms with E-state index < -0.39 is 0 Å². The smallest absolute Gasteiger partial charge is 0.224 e. The van der Waals surface area contributed by atoms with Gasteiger partial charge in [0.05, 0.1) is 13.5 Å². The van der Waals surface area contributed by atoms with Crippen LogP contribution in [-0.4, -0.2) is 19.6 Å². The highest BCUT2D eigenvalue weighted by molar-refractivity contribution is 6.31. The van der Waals surface area contributed by atoms with Gasteiger partial charge in [0.15, 0.2) is 0 Å². The highest BCUT2D eigenvalue weighted by atomic mass is 35.5. The molecule has 0 spiro atoms. The lowest BCUT2D eigenvalue weighted by Crippen LogP contribution is -2.33. The standard InChI is InChI=1S/C17H22ClNO2/c1-21-15-7-4-6-14(18)13(15)9-16(20)19-11-17-8-3-2-5-12(17)10-17/h4,6-7,12H,2-3,5,8-11H2,1H3,(H,19,20). The van der Waals surface area contributed by atoms with Crippen LogP contribution in [0.15, 0.2) is 18.2 Å². The molecule has 2 aliphatic rings. The van der Waals surface area contributed by atoms with Crippen molar-refractivity contribution in [2.75, 3.05) is 13.7 Å². The second-order valence-electron chi connectivity index (χ2n) is 6.38. The van der Waals surface area contributed by atoms with Gasteiger partial charge in [0.25, 0.3) is 0 Å². The van der Waals surface area contributed by atoms with Crippen LogP contribution >= 0.6 is 11.6 Å². The van der Waals surface area contributed by atoms with Crippen LogP contribution in [0.2, 0.25) is 5.02 Å². The molecule has 21 heavy (non-hydrogen) atoms. The third kappa shape index (κ3) is 3.03. The predicted octanol–water partition coefficient (Wildman–Crippen LogP) is 3.59. The molecule has 1 N–H and O–H groups in total. The molecule has 0 bridgehead atoms. The van der Waals surface area contributed by atoms with E-state index in [0.29, 0.717) is 16.2 Å². The minimum absolute atomic E-state index is 0.0343. The SMILES string of the molecule is COc1cccc(Cl)c1CC(=O)NCC12CCCCC1C2. The Balaban J connectivity index is 1.57. The van der Waals surface area contributed by atoms with Gasteiger partial charge >= 0.3 is 0 Å². The molecule has 1 amide bonds. The van der Waals surface area contributed by atoms with E-state index in [4.69, 9.17) is 16.3 Å². The molecular formula is C17H22ClNO2. The Kier molecular flexibility index (Phi) is 4.12. The molecule has 2 fully saturated rings. The first kappa shape index (κ1) is 14.7. The van der Waals surface area contributed by atoms with Crippen molar-refractivity contribution in [1.29, 1.82) is 0 Å². The second-order valence-corrected chi connectivity index (χ2v) is 6.79. The lowest BCUT2D eigenvalue weighted by molar-refractivity contribution is -0.120. The van der Waals surface area contributed by atoms with Crippen molar-refractivity contribution in [2.45, 2.75) is 38.5 Å². The van der Waals surface area contributed by atoms with Crippen LogP contribution in [0.3, 0.4) is 0 Å². The largest absolute Gasteiger partial charge is 0.496 e. The van der Waals surface area contributed by atoms with Crippen molar-refractivity contribution in [3.8, 4) is 5.75 Å². The molecule has 4 heteroatoms. The molecule has 0 saturated heterocycles. The molecule has 3 nitrogen and oxygen atoms in total. The summed E-state index contributed by atoms with van der Waals surface area (Å²) in [5.41, 5.74) is 1.19. The van der Waals surface area contributed by atoms with Gasteiger partial charge in [0.2, 0.25) is 5.91 Å². The zero-order valence-corrected chi connectivity index (χ0v) is 13.2. The summed E-state index contributed by atoms with van der Waals surface area (Å²) in [6.07, 6.45) is 6.86. The van der Waals surface area contributed by atoms with Gasteiger partial charge in [-0.2, -0.15) is 0 Å². The van der Waals surface area contributed by atoms with E-state index >= 15 is 0 Å². The molecule has 2 atom stereocenters. The molecule has 0 aliphatic heterocycles. The molecule has 2 aliphatic carbocycles. The first-order valence-electron chi connectivity index (χ1n) is 7.73. The molecule has 1 aromatic carbocycles. The van der Waals surface area contributed by atoms with E-state index in [0.717, 1.165) is 18.0 Å². The van der Waals surface area contributed by atoms with Crippen molar-refractivity contribution in [2.24, 2.45) is 11.3 Å². The number of methoxy groups -OCH3 is 1. The molecule has 1 aromatic rings. The van der Waals surface area contributed by atoms with Crippen LogP contribution in [0.1, 0.15) is 37.7 Å². The molecule has 0 heterocycles. The molecule has 2 saturated carbocycles. The Morgan fingerprint density at radius 3 is 3.10 bits per heavy atom. The Morgan fingerprint density at radius 2 is 2.33 bits per heavy atom. The summed E-state index contributed by atoms with van der Waals surface area (Å²) in [6.45, 7) is 0.823. The Bertz CT molecular complexity index is 546. The first-order chi connectivity index (χ1) is 10.1. The zero-order chi connectivity index (χ0) is 14.9. The van der Waals surface area contributed by atoms with Crippen LogP contribution < -0.4 is 10.1 Å². The highest BCUT2D eigenvalue weighted by Crippen LogP contribution is 2.60. The maximum Gasteiger partial charge on any atom is 0.224 e. The quantitative estimate of drug-likeness (QED) is 0.903. The van der Waals surface area contributed by atoms with E-state index in [2.05, 4.69) is 5.32 Å². The van der Waals surface area contributed by atoms with Gasteiger partial charge in [-0.15, -0.1) is 0 Å². The fraction of sp³-hybridized carbons (Fsp3) is 0.588. The number of nitrogens with one attached hydrogen (secondary N) is 1. The highest BCUT2D eigenvalue weighted by Gasteiger charge is 2.54. The first-order valence-corrected chi connectivity index (χ1v) is 8.10. The second kappa shape index (κ2) is 5.88. The van der Waals surface area contributed by atoms with Crippen LogP contribution in [0, 0.1) is 11.3 Å². The van der Waals surface area contributed by atoms with Gasteiger partial charge in [0, 0.05) is 17.1 Å². The average molecular weight is 308 g/mol. The fourth-order valence-corrected chi connectivity index (χ4v) is 3.95. The van der Waals surface area contributed by atoms with Crippen molar-refractivity contribution >= 4 is 17.5 Å². The fourth-order valence-electron chi connectivity index (χ4n) is 3.72. The van der Waals surface area contributed by atoms with E-state index in [9.17, 15) is 4.79 Å². The number of benzene rings is 1. The van der Waals surface area contributed by atoms with Crippen molar-refractivity contribution in [3.05, 3.63) is 28.8 Å². The summed E-state index contributed by atoms with van der Waals surface area (Å²) in [6, 6.07) is 5.47. The lowest BCUT2D eigenvalue weighted by Gasteiger charge is -2.22. The zero-order valence-electron chi connectivity index (χ0n) is 12.5. The number of ether oxygens (including phenoxy) is 1. The molecule has 114 valence electrons. The summed E-state index contributed by atoms with van der Waals surface area (Å²) < 4.78 is 5.29. The van der Waals surface area contributed by atoms with Crippen LogP contribution in [-0.2, 0) is 11.2 Å². The predicted molar refractivity (Wildman–Crippen MR) is 83.7 cm³/mol. The number of fused-ring (bicyclic) bond motifs is 1. The summed E-state index contributed by atoms with van der Waals surface area (Å²) in [7, 11) is 1.60. The van der Waals surface area contributed by atoms with Gasteiger partial charge in [-0.1, -0.05) is 30.5 Å². The maximum absolute atomic E-state index is 12.2. The van der Waals surface area contributed by atoms with Crippen LogP contribution in [0.5, 0.6) is 5.75 Å². The number of carbonyl (C=O) groups excluding carboxylic acids is 1. The molecule has 3 rings (SSSR count). The summed E-state index contributed by atoms with van der Waals surface area (Å²) in [5, 5.41) is 3.70. The summed E-state index contributed by atoms with van der Waals surface area (Å²) in [4.78, 5) is 12.2. The number of hydrogen-bond donors (Lipinski definition) is 1. The van der Waals surface area contributed by atoms with E-state index in [1.54, 1.807) is 13.2 Å². The third-order valence-corrected chi connectivity index (χ3v) is 5.46. The minimum Gasteiger partial charge on any atom is -0.496 e. The van der Waals surface area contributed by atoms with E-state index in [1.165, 1.54) is 32.1 Å². The molecular weight excluding hydrogens is 286 g/mol. The maximum atomic E-state index is 12.2. The topological polar surface area (TPSA) is 38.3 Å². The number of carbonyl (C=O) groups is 1. The molecule has 0 aromatic heterocycles. The normalized spacial score (nSPS) is 26.9. The van der Waals surface area contributed by atoms with Gasteiger partial charge in [-0.3, -0.25) is 4.79 Å². The van der Waals surface area contributed by atoms with Crippen molar-refractivity contribution < 1.29 is 9.53 Å². The third-order valence-electron chi connectivity index (χ3n) is 5.11. The summed E-state index contributed by atoms with van der Waals surface area (Å²) >= 11 is 6.18. The van der Waals surface area contributed by atoms with Crippen molar-refractivity contribution in [1.82, 2.24) is 5.32 Å². The Morgan fingerprint density at radius 1 is 1.48 bits per heavy atom. The van der Waals surface area contributed by atoms with Gasteiger partial charge < -0.3 is 10.1 Å². The summed E-state index contributed by atoms with van der Waals surface area (Å²) in [5.74, 6) is 1.56. The van der Waals surface area contributed by atoms with E-state index in [1.807, 2.05) is 12.1 Å². The van der Waals surface area contributed by atoms with Crippen LogP contribution in [0.4, 0.5) is 0 Å².